The van der Waals surface area contributed by atoms with Gasteiger partial charge in [-0.05, 0) is 61.0 Å². The van der Waals surface area contributed by atoms with Gasteiger partial charge in [0.15, 0.2) is 6.17 Å². The molecule has 0 aliphatic heterocycles. The standard InChI is InChI=1S/C28H38FNO/c1-17(2)27-25(26(29)20-13-11-18(3)12-14-20)23(19-9-7-6-8-10-19)24-21(30-27)15-28(4,5)16-22(24)31/h11-14,17,19,22,26,31H,6-10,15-16H2,1-5H3/t22-,26-/m0/s1. The molecule has 168 valence electrons. The highest BCUT2D eigenvalue weighted by molar-refractivity contribution is 5.50. The zero-order valence-electron chi connectivity index (χ0n) is 19.8. The van der Waals surface area contributed by atoms with Crippen LogP contribution < -0.4 is 0 Å². The lowest BCUT2D eigenvalue weighted by Crippen LogP contribution is -2.30. The molecule has 1 saturated carbocycles. The number of aliphatic hydroxyl groups excluding tert-OH is 1. The number of halogens is 1. The average molecular weight is 424 g/mol. The van der Waals surface area contributed by atoms with Crippen LogP contribution in [0.5, 0.6) is 0 Å². The number of nitrogens with zero attached hydrogens (tertiary/aromatic N) is 1. The van der Waals surface area contributed by atoms with Gasteiger partial charge in [-0.25, -0.2) is 4.39 Å². The monoisotopic (exact) mass is 423 g/mol. The minimum atomic E-state index is -1.21. The maximum atomic E-state index is 16.4. The van der Waals surface area contributed by atoms with Crippen LogP contribution >= 0.6 is 0 Å². The Balaban J connectivity index is 1.97. The topological polar surface area (TPSA) is 33.1 Å². The lowest BCUT2D eigenvalue weighted by molar-refractivity contribution is 0.0960. The summed E-state index contributed by atoms with van der Waals surface area (Å²) in [4.78, 5) is 5.08. The lowest BCUT2D eigenvalue weighted by Gasteiger charge is -2.39. The SMILES string of the molecule is Cc1ccc([C@H](F)c2c(C(C)C)nc3c(c2C2CCCCC2)[C@@H](O)CC(C)(C)C3)cc1. The Morgan fingerprint density at radius 3 is 2.29 bits per heavy atom. The molecule has 0 spiro atoms. The molecule has 2 atom stereocenters. The highest BCUT2D eigenvalue weighted by Crippen LogP contribution is 2.50. The maximum absolute atomic E-state index is 16.4. The number of benzene rings is 1. The maximum Gasteiger partial charge on any atom is 0.152 e. The Kier molecular flexibility index (Phi) is 6.27. The van der Waals surface area contributed by atoms with E-state index in [0.717, 1.165) is 52.9 Å². The largest absolute Gasteiger partial charge is 0.388 e. The molecule has 0 saturated heterocycles. The van der Waals surface area contributed by atoms with Gasteiger partial charge in [-0.1, -0.05) is 76.8 Å². The molecule has 0 unspecified atom stereocenters. The van der Waals surface area contributed by atoms with E-state index in [0.29, 0.717) is 17.9 Å². The molecule has 2 aliphatic rings. The number of rotatable bonds is 4. The van der Waals surface area contributed by atoms with Crippen LogP contribution in [0.1, 0.15) is 130 Å². The molecule has 0 bridgehead atoms. The number of pyridine rings is 1. The Morgan fingerprint density at radius 1 is 1.03 bits per heavy atom. The number of aryl methyl sites for hydroxylation is 1. The molecule has 0 amide bonds. The molecule has 31 heavy (non-hydrogen) atoms. The molecule has 1 fully saturated rings. The molecule has 0 radical (unpaired) electrons. The van der Waals surface area contributed by atoms with Crippen molar-refractivity contribution in [2.45, 2.75) is 104 Å². The number of aliphatic hydroxyl groups is 1. The van der Waals surface area contributed by atoms with E-state index in [1.165, 1.54) is 19.3 Å². The van der Waals surface area contributed by atoms with Gasteiger partial charge in [-0.3, -0.25) is 4.98 Å². The van der Waals surface area contributed by atoms with Crippen molar-refractivity contribution in [3.05, 3.63) is 63.5 Å². The molecule has 3 heteroatoms. The molecule has 1 aromatic carbocycles. The van der Waals surface area contributed by atoms with Crippen molar-refractivity contribution in [3.63, 3.8) is 0 Å². The molecule has 2 nitrogen and oxygen atoms in total. The highest BCUT2D eigenvalue weighted by Gasteiger charge is 2.39. The number of hydrogen-bond donors (Lipinski definition) is 1. The summed E-state index contributed by atoms with van der Waals surface area (Å²) in [6.07, 6.45) is 5.56. The Morgan fingerprint density at radius 2 is 1.68 bits per heavy atom. The van der Waals surface area contributed by atoms with Crippen molar-refractivity contribution in [1.82, 2.24) is 4.98 Å². The van der Waals surface area contributed by atoms with Crippen molar-refractivity contribution in [3.8, 4) is 0 Å². The second-order valence-electron chi connectivity index (χ2n) is 11.0. The fraction of sp³-hybridized carbons (Fsp3) is 0.607. The van der Waals surface area contributed by atoms with E-state index < -0.39 is 12.3 Å². The highest BCUT2D eigenvalue weighted by atomic mass is 19.1. The fourth-order valence-electron chi connectivity index (χ4n) is 5.80. The first-order valence-corrected chi connectivity index (χ1v) is 12.1. The van der Waals surface area contributed by atoms with Gasteiger partial charge in [0.1, 0.15) is 0 Å². The van der Waals surface area contributed by atoms with Gasteiger partial charge in [0, 0.05) is 22.5 Å². The number of alkyl halides is 1. The Labute approximate surface area is 187 Å². The molecule has 4 rings (SSSR count). The summed E-state index contributed by atoms with van der Waals surface area (Å²) < 4.78 is 16.4. The van der Waals surface area contributed by atoms with Gasteiger partial charge in [-0.15, -0.1) is 0 Å². The van der Waals surface area contributed by atoms with Gasteiger partial charge in [0.2, 0.25) is 0 Å². The molecular weight excluding hydrogens is 385 g/mol. The molecule has 2 aromatic rings. The summed E-state index contributed by atoms with van der Waals surface area (Å²) in [5.74, 6) is 0.450. The summed E-state index contributed by atoms with van der Waals surface area (Å²) >= 11 is 0. The van der Waals surface area contributed by atoms with Crippen molar-refractivity contribution in [2.24, 2.45) is 5.41 Å². The third-order valence-electron chi connectivity index (χ3n) is 7.33. The molecule has 1 aromatic heterocycles. The van der Waals surface area contributed by atoms with Gasteiger partial charge in [0.05, 0.1) is 6.10 Å². The quantitative estimate of drug-likeness (QED) is 0.548. The van der Waals surface area contributed by atoms with Crippen molar-refractivity contribution in [2.75, 3.05) is 0 Å². The van der Waals surface area contributed by atoms with Crippen LogP contribution in [-0.2, 0) is 6.42 Å². The third kappa shape index (κ3) is 4.44. The van der Waals surface area contributed by atoms with Crippen LogP contribution in [0, 0.1) is 12.3 Å². The molecular formula is C28H38FNO. The molecule has 2 aliphatic carbocycles. The van der Waals surface area contributed by atoms with Crippen molar-refractivity contribution in [1.29, 1.82) is 0 Å². The molecule has 1 N–H and O–H groups in total. The smallest absolute Gasteiger partial charge is 0.152 e. The van der Waals surface area contributed by atoms with Gasteiger partial charge in [-0.2, -0.15) is 0 Å². The normalized spacial score (nSPS) is 22.4. The number of hydrogen-bond acceptors (Lipinski definition) is 2. The fourth-order valence-corrected chi connectivity index (χ4v) is 5.80. The second-order valence-corrected chi connectivity index (χ2v) is 11.0. The van der Waals surface area contributed by atoms with Crippen LogP contribution in [-0.4, -0.2) is 10.1 Å². The zero-order chi connectivity index (χ0) is 22.3. The summed E-state index contributed by atoms with van der Waals surface area (Å²) in [5.41, 5.74) is 6.54. The van der Waals surface area contributed by atoms with Gasteiger partial charge >= 0.3 is 0 Å². The third-order valence-corrected chi connectivity index (χ3v) is 7.33. The Hall–Kier alpha value is -1.74. The summed E-state index contributed by atoms with van der Waals surface area (Å²) in [6.45, 7) is 10.7. The van der Waals surface area contributed by atoms with Crippen LogP contribution in [0.2, 0.25) is 0 Å². The minimum Gasteiger partial charge on any atom is -0.388 e. The summed E-state index contributed by atoms with van der Waals surface area (Å²) in [7, 11) is 0. The first kappa shape index (κ1) is 22.5. The Bertz CT molecular complexity index is 925. The van der Waals surface area contributed by atoms with Crippen molar-refractivity contribution >= 4 is 0 Å². The van der Waals surface area contributed by atoms with Gasteiger partial charge < -0.3 is 5.11 Å². The van der Waals surface area contributed by atoms with E-state index in [4.69, 9.17) is 4.98 Å². The van der Waals surface area contributed by atoms with Crippen molar-refractivity contribution < 1.29 is 9.50 Å². The summed E-state index contributed by atoms with van der Waals surface area (Å²) in [5, 5.41) is 11.3. The van der Waals surface area contributed by atoms with E-state index in [1.54, 1.807) is 0 Å². The van der Waals surface area contributed by atoms with E-state index in [-0.39, 0.29) is 11.3 Å². The summed E-state index contributed by atoms with van der Waals surface area (Å²) in [6, 6.07) is 7.79. The minimum absolute atomic E-state index is 0.00505. The van der Waals surface area contributed by atoms with E-state index >= 15 is 4.39 Å². The predicted octanol–water partition coefficient (Wildman–Crippen LogP) is 7.63. The second kappa shape index (κ2) is 8.65. The van der Waals surface area contributed by atoms with E-state index in [1.807, 2.05) is 31.2 Å². The van der Waals surface area contributed by atoms with E-state index in [9.17, 15) is 5.11 Å². The van der Waals surface area contributed by atoms with Gasteiger partial charge in [0.25, 0.3) is 0 Å². The zero-order valence-corrected chi connectivity index (χ0v) is 19.8. The average Bonchev–Trinajstić information content (AvgIpc) is 2.72. The van der Waals surface area contributed by atoms with Crippen LogP contribution in [0.4, 0.5) is 4.39 Å². The van der Waals surface area contributed by atoms with Crippen LogP contribution in [0.25, 0.3) is 0 Å². The first-order valence-electron chi connectivity index (χ1n) is 12.1. The number of aromatic nitrogens is 1. The predicted molar refractivity (Wildman–Crippen MR) is 125 cm³/mol. The van der Waals surface area contributed by atoms with Crippen LogP contribution in [0.15, 0.2) is 24.3 Å². The lowest BCUT2D eigenvalue weighted by atomic mass is 9.69. The first-order chi connectivity index (χ1) is 14.7. The number of fused-ring (bicyclic) bond motifs is 1. The molecule has 1 heterocycles. The van der Waals surface area contributed by atoms with Crippen LogP contribution in [0.3, 0.4) is 0 Å². The van der Waals surface area contributed by atoms with E-state index in [2.05, 4.69) is 27.7 Å².